The summed E-state index contributed by atoms with van der Waals surface area (Å²) in [5.74, 6) is -0.594. The average Bonchev–Trinajstić information content (AvgIpc) is 3.67. The fourth-order valence-electron chi connectivity index (χ4n) is 6.97. The van der Waals surface area contributed by atoms with Gasteiger partial charge in [0.2, 0.25) is 12.7 Å². The Morgan fingerprint density at radius 2 is 1.89 bits per heavy atom. The number of fused-ring (bicyclic) bond motifs is 5. The molecule has 9 heteroatoms. The van der Waals surface area contributed by atoms with Gasteiger partial charge in [0, 0.05) is 40.9 Å². The Labute approximate surface area is 212 Å². The van der Waals surface area contributed by atoms with Gasteiger partial charge in [-0.2, -0.15) is 0 Å². The number of nitrogens with zero attached hydrogens (tertiary/aromatic N) is 2. The first-order valence-electron chi connectivity index (χ1n) is 12.4. The lowest BCUT2D eigenvalue weighted by Gasteiger charge is -2.36. The Balaban J connectivity index is 1.46. The summed E-state index contributed by atoms with van der Waals surface area (Å²) in [7, 11) is 0. The van der Waals surface area contributed by atoms with Crippen molar-refractivity contribution in [1.82, 2.24) is 4.90 Å². The van der Waals surface area contributed by atoms with Gasteiger partial charge < -0.3 is 14.8 Å². The minimum atomic E-state index is -1.22. The fourth-order valence-corrected chi connectivity index (χ4v) is 6.97. The molecular formula is C28H23N3O6. The summed E-state index contributed by atoms with van der Waals surface area (Å²) in [5.41, 5.74) is 1.33. The quantitative estimate of drug-likeness (QED) is 0.326. The van der Waals surface area contributed by atoms with Crippen LogP contribution >= 0.6 is 0 Å². The number of hydrogen-bond acceptors (Lipinski definition) is 7. The molecule has 7 rings (SSSR count). The Morgan fingerprint density at radius 3 is 2.76 bits per heavy atom. The number of carbonyl (C=O) groups is 2. The van der Waals surface area contributed by atoms with E-state index in [1.165, 1.54) is 6.07 Å². The third-order valence-corrected chi connectivity index (χ3v) is 8.31. The van der Waals surface area contributed by atoms with Crippen LogP contribution in [0.1, 0.15) is 40.2 Å². The van der Waals surface area contributed by atoms with Gasteiger partial charge in [-0.3, -0.25) is 24.6 Å². The molecule has 3 aromatic carbocycles. The number of para-hydroxylation sites is 1. The number of nitrogens with one attached hydrogen (secondary N) is 1. The minimum Gasteiger partial charge on any atom is -0.454 e. The third-order valence-electron chi connectivity index (χ3n) is 8.31. The summed E-state index contributed by atoms with van der Waals surface area (Å²) >= 11 is 0. The van der Waals surface area contributed by atoms with Crippen molar-refractivity contribution in [3.8, 4) is 11.5 Å². The zero-order valence-corrected chi connectivity index (χ0v) is 19.8. The Morgan fingerprint density at radius 1 is 1.05 bits per heavy atom. The van der Waals surface area contributed by atoms with Crippen molar-refractivity contribution in [2.24, 2.45) is 5.92 Å². The van der Waals surface area contributed by atoms with Crippen LogP contribution in [0, 0.1) is 16.0 Å². The molecule has 0 unspecified atom stereocenters. The Hall–Kier alpha value is -4.24. The van der Waals surface area contributed by atoms with Gasteiger partial charge >= 0.3 is 0 Å². The minimum absolute atomic E-state index is 0.0338. The number of Topliss-reactive ketones (excluding diaryl/α,β-unsaturated/α-hetero) is 1. The number of rotatable bonds is 4. The zero-order chi connectivity index (χ0) is 25.3. The van der Waals surface area contributed by atoms with Gasteiger partial charge in [-0.15, -0.1) is 0 Å². The highest BCUT2D eigenvalue weighted by Crippen LogP contribution is 2.61. The first-order chi connectivity index (χ1) is 18.0. The highest BCUT2D eigenvalue weighted by atomic mass is 16.7. The Bertz CT molecular complexity index is 1490. The van der Waals surface area contributed by atoms with E-state index in [1.54, 1.807) is 30.3 Å². The normalized spacial score (nSPS) is 27.2. The summed E-state index contributed by atoms with van der Waals surface area (Å²) in [5, 5.41) is 14.7. The molecule has 2 saturated heterocycles. The molecule has 0 radical (unpaired) electrons. The molecule has 4 heterocycles. The second-order valence-electron chi connectivity index (χ2n) is 9.96. The fraction of sp³-hybridized carbons (Fsp3) is 0.286. The van der Waals surface area contributed by atoms with Crippen molar-refractivity contribution in [2.75, 3.05) is 18.7 Å². The molecule has 4 atom stereocenters. The van der Waals surface area contributed by atoms with Crippen LogP contribution in [-0.4, -0.2) is 40.9 Å². The average molecular weight is 498 g/mol. The molecule has 0 bridgehead atoms. The van der Waals surface area contributed by atoms with Gasteiger partial charge in [0.25, 0.3) is 5.69 Å². The topological polar surface area (TPSA) is 111 Å². The van der Waals surface area contributed by atoms with Gasteiger partial charge in [0.1, 0.15) is 5.54 Å². The molecule has 186 valence electrons. The molecule has 4 aliphatic heterocycles. The number of anilines is 1. The van der Waals surface area contributed by atoms with E-state index in [4.69, 9.17) is 9.47 Å². The second kappa shape index (κ2) is 7.88. The van der Waals surface area contributed by atoms with Crippen molar-refractivity contribution in [3.63, 3.8) is 0 Å². The summed E-state index contributed by atoms with van der Waals surface area (Å²) in [6.07, 6.45) is 1.66. The lowest BCUT2D eigenvalue weighted by Crippen LogP contribution is -2.52. The number of hydrogen-bond donors (Lipinski definition) is 1. The number of benzene rings is 3. The molecule has 4 aliphatic rings. The molecule has 1 N–H and O–H groups in total. The van der Waals surface area contributed by atoms with Crippen LogP contribution in [0.2, 0.25) is 0 Å². The molecule has 3 aromatic rings. The molecular weight excluding hydrogens is 474 g/mol. The van der Waals surface area contributed by atoms with Crippen LogP contribution in [0.3, 0.4) is 0 Å². The van der Waals surface area contributed by atoms with Crippen LogP contribution < -0.4 is 14.8 Å². The lowest BCUT2D eigenvalue weighted by molar-refractivity contribution is -0.384. The van der Waals surface area contributed by atoms with Gasteiger partial charge in [0.05, 0.1) is 10.8 Å². The van der Waals surface area contributed by atoms with Crippen molar-refractivity contribution in [1.29, 1.82) is 0 Å². The maximum atomic E-state index is 14.6. The van der Waals surface area contributed by atoms with Gasteiger partial charge in [-0.05, 0) is 49.2 Å². The van der Waals surface area contributed by atoms with E-state index in [-0.39, 0.29) is 30.2 Å². The molecule has 1 amide bonds. The highest BCUT2D eigenvalue weighted by Gasteiger charge is 2.69. The number of ether oxygens (including phenoxy) is 2. The van der Waals surface area contributed by atoms with E-state index in [1.807, 2.05) is 30.3 Å². The number of amides is 1. The predicted molar refractivity (Wildman–Crippen MR) is 133 cm³/mol. The first kappa shape index (κ1) is 22.0. The van der Waals surface area contributed by atoms with E-state index in [0.29, 0.717) is 34.9 Å². The number of carbonyl (C=O) groups excluding carboxylic acids is 2. The van der Waals surface area contributed by atoms with Crippen LogP contribution in [-0.2, 0) is 10.3 Å². The number of ketones is 1. The van der Waals surface area contributed by atoms with E-state index in [9.17, 15) is 19.7 Å². The summed E-state index contributed by atoms with van der Waals surface area (Å²) < 4.78 is 11.0. The van der Waals surface area contributed by atoms with E-state index < -0.39 is 22.3 Å². The molecule has 1 spiro atoms. The molecule has 0 saturated carbocycles. The van der Waals surface area contributed by atoms with Crippen LogP contribution in [0.4, 0.5) is 11.4 Å². The second-order valence-corrected chi connectivity index (χ2v) is 9.96. The van der Waals surface area contributed by atoms with Crippen LogP contribution in [0.5, 0.6) is 11.5 Å². The molecule has 0 aliphatic carbocycles. The van der Waals surface area contributed by atoms with Crippen LogP contribution in [0.25, 0.3) is 0 Å². The van der Waals surface area contributed by atoms with Crippen molar-refractivity contribution < 1.29 is 24.0 Å². The zero-order valence-electron chi connectivity index (χ0n) is 19.8. The van der Waals surface area contributed by atoms with Crippen molar-refractivity contribution in [2.45, 2.75) is 30.3 Å². The third kappa shape index (κ3) is 2.94. The van der Waals surface area contributed by atoms with Crippen molar-refractivity contribution in [3.05, 3.63) is 93.5 Å². The molecule has 9 nitrogen and oxygen atoms in total. The standard InChI is InChI=1S/C28H23N3O6/c32-26(17-10-11-22-23(14-17)37-15-36-22)25-24(16-5-3-6-18(13-16)31(34)35)21-9-4-12-30(21)28(25)19-7-1-2-8-20(19)29-27(28)33/h1-3,5-8,10-11,13-14,21,24-25H,4,9,12,15H2,(H,29,33)/t21-,24-,25-,28-/m1/s1. The Kier molecular flexibility index (Phi) is 4.68. The molecule has 0 aromatic heterocycles. The maximum absolute atomic E-state index is 14.6. The number of non-ortho nitro benzene ring substituents is 1. The largest absolute Gasteiger partial charge is 0.454 e. The van der Waals surface area contributed by atoms with E-state index >= 15 is 0 Å². The lowest BCUT2D eigenvalue weighted by atomic mass is 9.68. The predicted octanol–water partition coefficient (Wildman–Crippen LogP) is 4.23. The molecule has 2 fully saturated rings. The van der Waals surface area contributed by atoms with Crippen LogP contribution in [0.15, 0.2) is 66.7 Å². The van der Waals surface area contributed by atoms with Gasteiger partial charge in [-0.1, -0.05) is 30.3 Å². The summed E-state index contributed by atoms with van der Waals surface area (Å²) in [4.78, 5) is 42.0. The van der Waals surface area contributed by atoms with Crippen molar-refractivity contribution >= 4 is 23.1 Å². The van der Waals surface area contributed by atoms with Gasteiger partial charge in [0.15, 0.2) is 17.3 Å². The van der Waals surface area contributed by atoms with Gasteiger partial charge in [-0.25, -0.2) is 0 Å². The monoisotopic (exact) mass is 497 g/mol. The summed E-state index contributed by atoms with van der Waals surface area (Å²) in [6.45, 7) is 0.741. The SMILES string of the molecule is O=C(c1ccc2c(c1)OCO2)[C@H]1[C@H](c2cccc([N+](=O)[O-])c2)[C@H]2CCCN2[C@@]12C(=O)Nc1ccccc12. The smallest absolute Gasteiger partial charge is 0.269 e. The maximum Gasteiger partial charge on any atom is 0.269 e. The highest BCUT2D eigenvalue weighted by molar-refractivity contribution is 6.12. The van der Waals surface area contributed by atoms with E-state index in [2.05, 4.69) is 10.2 Å². The number of nitro groups is 1. The van der Waals surface area contributed by atoms with E-state index in [0.717, 1.165) is 18.4 Å². The summed E-state index contributed by atoms with van der Waals surface area (Å²) in [6, 6.07) is 19.0. The molecule has 37 heavy (non-hydrogen) atoms. The number of nitro benzene ring substituents is 1. The first-order valence-corrected chi connectivity index (χ1v) is 12.4.